The standard InChI is InChI=1S/C14H14N2O2/c1-11-6-8-16(9-7-11)15-14(17)12-4-3-5-13(10-12)18-2/h3-10H,1-2H3/p+1. The Bertz CT molecular complexity index is 550. The van der Waals surface area contributed by atoms with Crippen LogP contribution in [0.2, 0.25) is 0 Å². The van der Waals surface area contributed by atoms with Gasteiger partial charge in [0.05, 0.1) is 7.11 Å². The number of carbonyl (C=O) groups excluding carboxylic acids is 1. The summed E-state index contributed by atoms with van der Waals surface area (Å²) in [6.45, 7) is 1.99. The van der Waals surface area contributed by atoms with E-state index < -0.39 is 0 Å². The van der Waals surface area contributed by atoms with Crippen LogP contribution in [0.25, 0.3) is 0 Å². The Morgan fingerprint density at radius 3 is 2.61 bits per heavy atom. The number of nitrogens with one attached hydrogen (secondary N) is 1. The van der Waals surface area contributed by atoms with Crippen LogP contribution in [-0.2, 0) is 0 Å². The summed E-state index contributed by atoms with van der Waals surface area (Å²) in [5.41, 5.74) is 4.46. The quantitative estimate of drug-likeness (QED) is 0.833. The lowest BCUT2D eigenvalue weighted by Crippen LogP contribution is -2.47. The zero-order chi connectivity index (χ0) is 13.0. The Kier molecular flexibility index (Phi) is 3.57. The molecule has 0 atom stereocenters. The molecule has 0 spiro atoms. The van der Waals surface area contributed by atoms with Gasteiger partial charge in [-0.3, -0.25) is 4.79 Å². The van der Waals surface area contributed by atoms with Gasteiger partial charge in [-0.05, 0) is 30.7 Å². The maximum absolute atomic E-state index is 12.0. The predicted molar refractivity (Wildman–Crippen MR) is 68.1 cm³/mol. The zero-order valence-corrected chi connectivity index (χ0v) is 10.4. The average molecular weight is 243 g/mol. The molecule has 0 aliphatic carbocycles. The number of methoxy groups -OCH3 is 1. The van der Waals surface area contributed by atoms with E-state index in [1.54, 1.807) is 48.4 Å². The van der Waals surface area contributed by atoms with E-state index >= 15 is 0 Å². The van der Waals surface area contributed by atoms with Crippen molar-refractivity contribution in [2.75, 3.05) is 12.5 Å². The molecule has 0 saturated heterocycles. The second-order valence-corrected chi connectivity index (χ2v) is 3.96. The number of hydrogen-bond acceptors (Lipinski definition) is 2. The van der Waals surface area contributed by atoms with E-state index in [4.69, 9.17) is 4.74 Å². The Labute approximate surface area is 106 Å². The molecule has 1 heterocycles. The summed E-state index contributed by atoms with van der Waals surface area (Å²) in [6, 6.07) is 10.9. The summed E-state index contributed by atoms with van der Waals surface area (Å²) < 4.78 is 6.70. The molecule has 1 N–H and O–H groups in total. The van der Waals surface area contributed by atoms with Gasteiger partial charge in [0.2, 0.25) is 0 Å². The molecule has 0 fully saturated rings. The number of rotatable bonds is 3. The van der Waals surface area contributed by atoms with Crippen LogP contribution in [0.3, 0.4) is 0 Å². The molecule has 0 aliphatic rings. The van der Waals surface area contributed by atoms with Crippen molar-refractivity contribution in [1.29, 1.82) is 0 Å². The molecule has 92 valence electrons. The molecule has 1 aromatic heterocycles. The number of nitrogens with zero attached hydrogens (tertiary/aromatic N) is 1. The van der Waals surface area contributed by atoms with E-state index in [1.165, 1.54) is 0 Å². The number of ether oxygens (including phenoxy) is 1. The minimum atomic E-state index is -0.178. The van der Waals surface area contributed by atoms with Crippen molar-refractivity contribution in [1.82, 2.24) is 0 Å². The summed E-state index contributed by atoms with van der Waals surface area (Å²) in [5, 5.41) is 0. The van der Waals surface area contributed by atoms with E-state index in [2.05, 4.69) is 5.43 Å². The Morgan fingerprint density at radius 2 is 1.94 bits per heavy atom. The highest BCUT2D eigenvalue weighted by atomic mass is 16.5. The van der Waals surface area contributed by atoms with Crippen molar-refractivity contribution in [3.8, 4) is 5.75 Å². The lowest BCUT2D eigenvalue weighted by molar-refractivity contribution is -0.641. The maximum atomic E-state index is 12.0. The van der Waals surface area contributed by atoms with Crippen molar-refractivity contribution < 1.29 is 14.2 Å². The summed E-state index contributed by atoms with van der Waals surface area (Å²) in [5.74, 6) is 0.485. The molecule has 0 aliphatic heterocycles. The Hall–Kier alpha value is -2.36. The molecule has 4 heteroatoms. The third kappa shape index (κ3) is 2.85. The van der Waals surface area contributed by atoms with E-state index in [9.17, 15) is 4.79 Å². The van der Waals surface area contributed by atoms with Crippen LogP contribution < -0.4 is 14.8 Å². The van der Waals surface area contributed by atoms with Gasteiger partial charge in [0, 0.05) is 17.7 Å². The van der Waals surface area contributed by atoms with Crippen molar-refractivity contribution in [3.05, 3.63) is 59.9 Å². The first-order valence-corrected chi connectivity index (χ1v) is 5.62. The number of aryl methyl sites for hydroxylation is 1. The first kappa shape index (κ1) is 12.1. The van der Waals surface area contributed by atoms with Crippen LogP contribution in [0.1, 0.15) is 15.9 Å². The number of pyridine rings is 1. The van der Waals surface area contributed by atoms with E-state index in [0.29, 0.717) is 11.3 Å². The van der Waals surface area contributed by atoms with Gasteiger partial charge < -0.3 is 4.74 Å². The molecule has 0 bridgehead atoms. The van der Waals surface area contributed by atoms with Gasteiger partial charge in [0.15, 0.2) is 12.4 Å². The van der Waals surface area contributed by atoms with Crippen LogP contribution in [0, 0.1) is 6.92 Å². The van der Waals surface area contributed by atoms with Gasteiger partial charge in [-0.15, -0.1) is 5.43 Å². The van der Waals surface area contributed by atoms with Gasteiger partial charge in [-0.1, -0.05) is 10.7 Å². The van der Waals surface area contributed by atoms with Crippen LogP contribution in [0.4, 0.5) is 0 Å². The number of aromatic nitrogens is 1. The smallest absolute Gasteiger partial charge is 0.305 e. The molecule has 0 saturated carbocycles. The third-order valence-electron chi connectivity index (χ3n) is 2.56. The molecule has 1 aromatic carbocycles. The largest absolute Gasteiger partial charge is 0.497 e. The molecule has 2 aromatic rings. The second kappa shape index (κ2) is 5.31. The van der Waals surface area contributed by atoms with Crippen LogP contribution in [0.15, 0.2) is 48.8 Å². The fourth-order valence-electron chi connectivity index (χ4n) is 1.52. The van der Waals surface area contributed by atoms with Gasteiger partial charge in [0.1, 0.15) is 5.75 Å². The molecule has 2 rings (SSSR count). The summed E-state index contributed by atoms with van der Waals surface area (Å²) in [4.78, 5) is 12.0. The predicted octanol–water partition coefficient (Wildman–Crippen LogP) is 1.68. The van der Waals surface area contributed by atoms with E-state index in [0.717, 1.165) is 5.56 Å². The van der Waals surface area contributed by atoms with Gasteiger partial charge in [-0.2, -0.15) is 0 Å². The molecule has 0 radical (unpaired) electrons. The summed E-state index contributed by atoms with van der Waals surface area (Å²) >= 11 is 0. The average Bonchev–Trinajstić information content (AvgIpc) is 2.41. The van der Waals surface area contributed by atoms with Crippen molar-refractivity contribution >= 4 is 5.91 Å². The monoisotopic (exact) mass is 243 g/mol. The van der Waals surface area contributed by atoms with Crippen molar-refractivity contribution in [3.63, 3.8) is 0 Å². The number of amides is 1. The highest BCUT2D eigenvalue weighted by Gasteiger charge is 2.10. The number of benzene rings is 1. The minimum Gasteiger partial charge on any atom is -0.497 e. The van der Waals surface area contributed by atoms with Crippen LogP contribution in [-0.4, -0.2) is 13.0 Å². The molecule has 1 amide bonds. The minimum absolute atomic E-state index is 0.178. The SMILES string of the molecule is COc1cccc(C(=O)N[n+]2ccc(C)cc2)c1. The van der Waals surface area contributed by atoms with E-state index in [-0.39, 0.29) is 5.91 Å². The highest BCUT2D eigenvalue weighted by molar-refractivity contribution is 5.99. The fraction of sp³-hybridized carbons (Fsp3) is 0.143. The molecular formula is C14H15N2O2+. The second-order valence-electron chi connectivity index (χ2n) is 3.96. The Morgan fingerprint density at radius 1 is 1.22 bits per heavy atom. The lowest BCUT2D eigenvalue weighted by Gasteiger charge is -2.03. The normalized spacial score (nSPS) is 9.89. The van der Waals surface area contributed by atoms with Crippen molar-refractivity contribution in [2.45, 2.75) is 6.92 Å². The molecular weight excluding hydrogens is 228 g/mol. The van der Waals surface area contributed by atoms with Crippen molar-refractivity contribution in [2.24, 2.45) is 0 Å². The Balaban J connectivity index is 2.14. The summed E-state index contributed by atoms with van der Waals surface area (Å²) in [6.07, 6.45) is 3.60. The zero-order valence-electron chi connectivity index (χ0n) is 10.4. The van der Waals surface area contributed by atoms with E-state index in [1.807, 2.05) is 19.1 Å². The number of hydrogen-bond donors (Lipinski definition) is 1. The first-order valence-electron chi connectivity index (χ1n) is 5.62. The lowest BCUT2D eigenvalue weighted by atomic mass is 10.2. The van der Waals surface area contributed by atoms with Gasteiger partial charge >= 0.3 is 5.91 Å². The number of carbonyl (C=O) groups is 1. The maximum Gasteiger partial charge on any atom is 0.305 e. The summed E-state index contributed by atoms with van der Waals surface area (Å²) in [7, 11) is 1.58. The topological polar surface area (TPSA) is 42.2 Å². The van der Waals surface area contributed by atoms with Gasteiger partial charge in [0.25, 0.3) is 0 Å². The van der Waals surface area contributed by atoms with Gasteiger partial charge in [-0.25, -0.2) is 0 Å². The van der Waals surface area contributed by atoms with Crippen LogP contribution >= 0.6 is 0 Å². The fourth-order valence-corrected chi connectivity index (χ4v) is 1.52. The van der Waals surface area contributed by atoms with Crippen LogP contribution in [0.5, 0.6) is 5.75 Å². The highest BCUT2D eigenvalue weighted by Crippen LogP contribution is 2.12. The molecule has 0 unspecified atom stereocenters. The molecule has 4 nitrogen and oxygen atoms in total. The molecule has 18 heavy (non-hydrogen) atoms. The third-order valence-corrected chi connectivity index (χ3v) is 2.56. The first-order chi connectivity index (χ1) is 8.69.